The molecule has 0 fully saturated rings. The lowest BCUT2D eigenvalue weighted by atomic mass is 10.1. The van der Waals surface area contributed by atoms with Crippen LogP contribution in [0.15, 0.2) is 53.4 Å². The minimum atomic E-state index is -3.17. The molecule has 1 heterocycles. The highest BCUT2D eigenvalue weighted by Gasteiger charge is 2.23. The molecule has 3 rings (SSSR count). The van der Waals surface area contributed by atoms with Gasteiger partial charge in [0.1, 0.15) is 11.9 Å². The molecule has 0 amide bonds. The van der Waals surface area contributed by atoms with E-state index in [4.69, 9.17) is 4.74 Å². The van der Waals surface area contributed by atoms with Crippen molar-refractivity contribution in [3.63, 3.8) is 0 Å². The van der Waals surface area contributed by atoms with Crippen LogP contribution in [0.25, 0.3) is 0 Å². The molecule has 1 unspecified atom stereocenters. The zero-order valence-corrected chi connectivity index (χ0v) is 14.2. The highest BCUT2D eigenvalue weighted by atomic mass is 32.2. The average Bonchev–Trinajstić information content (AvgIpc) is 2.73. The Morgan fingerprint density at radius 2 is 1.83 bits per heavy atom. The van der Waals surface area contributed by atoms with Crippen molar-refractivity contribution in [3.8, 4) is 5.75 Å². The molecule has 0 saturated heterocycles. The molecular formula is C18H21NO3S. The van der Waals surface area contributed by atoms with Crippen LogP contribution >= 0.6 is 0 Å². The number of sulfone groups is 1. The van der Waals surface area contributed by atoms with Gasteiger partial charge in [-0.05, 0) is 30.3 Å². The molecule has 122 valence electrons. The second-order valence-electron chi connectivity index (χ2n) is 5.88. The van der Waals surface area contributed by atoms with Crippen LogP contribution in [-0.2, 0) is 16.4 Å². The second-order valence-corrected chi connectivity index (χ2v) is 7.90. The fraction of sp³-hybridized carbons (Fsp3) is 0.333. The standard InChI is InChI=1S/C18H21NO3S/c1-3-19-12-15-6-4-5-7-17(15)22-18(13-19)14-8-10-16(11-9-14)23(2,20)21/h4-11,18H,3,12-13H2,1-2H3. The maximum absolute atomic E-state index is 11.6. The summed E-state index contributed by atoms with van der Waals surface area (Å²) in [5.74, 6) is 0.903. The lowest BCUT2D eigenvalue weighted by Gasteiger charge is -2.23. The number of para-hydroxylation sites is 1. The lowest BCUT2D eigenvalue weighted by molar-refractivity contribution is 0.152. The SMILES string of the molecule is CCN1Cc2ccccc2OC(c2ccc(S(C)(=O)=O)cc2)C1. The van der Waals surface area contributed by atoms with Crippen LogP contribution < -0.4 is 4.74 Å². The van der Waals surface area contributed by atoms with E-state index >= 15 is 0 Å². The van der Waals surface area contributed by atoms with Crippen molar-refractivity contribution >= 4 is 9.84 Å². The Morgan fingerprint density at radius 3 is 2.48 bits per heavy atom. The molecule has 5 heteroatoms. The molecule has 1 atom stereocenters. The summed E-state index contributed by atoms with van der Waals surface area (Å²) in [7, 11) is -3.17. The minimum absolute atomic E-state index is 0.104. The maximum Gasteiger partial charge on any atom is 0.175 e. The van der Waals surface area contributed by atoms with E-state index in [1.807, 2.05) is 30.3 Å². The normalized spacial score (nSPS) is 18.8. The summed E-state index contributed by atoms with van der Waals surface area (Å²) in [5.41, 5.74) is 2.18. The molecule has 2 aromatic rings. The number of benzene rings is 2. The van der Waals surface area contributed by atoms with E-state index in [2.05, 4.69) is 17.9 Å². The van der Waals surface area contributed by atoms with Crippen molar-refractivity contribution in [2.45, 2.75) is 24.5 Å². The predicted octanol–water partition coefficient (Wildman–Crippen LogP) is 3.05. The van der Waals surface area contributed by atoms with Gasteiger partial charge in [0.05, 0.1) is 4.90 Å². The highest BCUT2D eigenvalue weighted by Crippen LogP contribution is 2.31. The summed E-state index contributed by atoms with van der Waals surface area (Å²) < 4.78 is 29.4. The third kappa shape index (κ3) is 3.57. The van der Waals surface area contributed by atoms with Gasteiger partial charge in [-0.15, -0.1) is 0 Å². The van der Waals surface area contributed by atoms with Gasteiger partial charge in [-0.2, -0.15) is 0 Å². The van der Waals surface area contributed by atoms with Gasteiger partial charge in [0.2, 0.25) is 0 Å². The smallest absolute Gasteiger partial charge is 0.175 e. The summed E-state index contributed by atoms with van der Waals surface area (Å²) in [4.78, 5) is 2.67. The molecule has 4 nitrogen and oxygen atoms in total. The summed E-state index contributed by atoms with van der Waals surface area (Å²) in [6.07, 6.45) is 1.12. The van der Waals surface area contributed by atoms with Gasteiger partial charge >= 0.3 is 0 Å². The number of nitrogens with zero attached hydrogens (tertiary/aromatic N) is 1. The topological polar surface area (TPSA) is 46.6 Å². The van der Waals surface area contributed by atoms with Crippen molar-refractivity contribution in [1.82, 2.24) is 4.90 Å². The van der Waals surface area contributed by atoms with Crippen molar-refractivity contribution in [2.24, 2.45) is 0 Å². The molecule has 2 aromatic carbocycles. The Balaban J connectivity index is 1.92. The van der Waals surface area contributed by atoms with Crippen LogP contribution in [0.2, 0.25) is 0 Å². The lowest BCUT2D eigenvalue weighted by Crippen LogP contribution is -2.27. The van der Waals surface area contributed by atoms with E-state index in [1.165, 1.54) is 11.8 Å². The second kappa shape index (κ2) is 6.34. The maximum atomic E-state index is 11.6. The number of fused-ring (bicyclic) bond motifs is 1. The quantitative estimate of drug-likeness (QED) is 0.867. The summed E-state index contributed by atoms with van der Waals surface area (Å²) in [5, 5.41) is 0. The number of ether oxygens (including phenoxy) is 1. The molecule has 1 aliphatic rings. The highest BCUT2D eigenvalue weighted by molar-refractivity contribution is 7.90. The van der Waals surface area contributed by atoms with Gasteiger partial charge in [-0.25, -0.2) is 8.42 Å². The largest absolute Gasteiger partial charge is 0.484 e. The van der Waals surface area contributed by atoms with Gasteiger partial charge in [-0.3, -0.25) is 4.90 Å². The molecule has 0 spiro atoms. The Labute approximate surface area is 137 Å². The summed E-state index contributed by atoms with van der Waals surface area (Å²) in [6, 6.07) is 15.1. The molecule has 0 aliphatic carbocycles. The molecule has 1 aliphatic heterocycles. The number of rotatable bonds is 3. The van der Waals surface area contributed by atoms with Gasteiger partial charge in [-0.1, -0.05) is 37.3 Å². The first-order valence-corrected chi connectivity index (χ1v) is 9.63. The third-order valence-corrected chi connectivity index (χ3v) is 5.32. The molecule has 23 heavy (non-hydrogen) atoms. The first-order valence-electron chi connectivity index (χ1n) is 7.74. The van der Waals surface area contributed by atoms with Crippen LogP contribution in [-0.4, -0.2) is 32.7 Å². The van der Waals surface area contributed by atoms with Crippen LogP contribution in [0.4, 0.5) is 0 Å². The van der Waals surface area contributed by atoms with Gasteiger partial charge in [0.25, 0.3) is 0 Å². The molecule has 0 bridgehead atoms. The van der Waals surface area contributed by atoms with E-state index in [9.17, 15) is 8.42 Å². The molecular weight excluding hydrogens is 310 g/mol. The van der Waals surface area contributed by atoms with Crippen molar-refractivity contribution in [1.29, 1.82) is 0 Å². The van der Waals surface area contributed by atoms with Gasteiger partial charge in [0.15, 0.2) is 9.84 Å². The van der Waals surface area contributed by atoms with Crippen molar-refractivity contribution in [3.05, 3.63) is 59.7 Å². The molecule has 0 saturated carbocycles. The van der Waals surface area contributed by atoms with E-state index in [1.54, 1.807) is 12.1 Å². The third-order valence-electron chi connectivity index (χ3n) is 4.19. The summed E-state index contributed by atoms with van der Waals surface area (Å²) in [6.45, 7) is 4.72. The average molecular weight is 331 g/mol. The van der Waals surface area contributed by atoms with E-state index in [0.717, 1.165) is 30.9 Å². The van der Waals surface area contributed by atoms with E-state index in [0.29, 0.717) is 4.90 Å². The number of hydrogen-bond donors (Lipinski definition) is 0. The molecule has 0 aromatic heterocycles. The number of hydrogen-bond acceptors (Lipinski definition) is 4. The first-order chi connectivity index (χ1) is 11.0. The Hall–Kier alpha value is -1.85. The van der Waals surface area contributed by atoms with Crippen LogP contribution in [0, 0.1) is 0 Å². The number of likely N-dealkylation sites (N-methyl/N-ethyl adjacent to an activating group) is 1. The zero-order chi connectivity index (χ0) is 16.4. The molecule has 0 N–H and O–H groups in total. The Bertz CT molecular complexity index is 784. The van der Waals surface area contributed by atoms with Crippen molar-refractivity contribution < 1.29 is 13.2 Å². The van der Waals surface area contributed by atoms with Crippen LogP contribution in [0.3, 0.4) is 0 Å². The fourth-order valence-electron chi connectivity index (χ4n) is 2.82. The molecule has 0 radical (unpaired) electrons. The van der Waals surface area contributed by atoms with Crippen LogP contribution in [0.1, 0.15) is 24.2 Å². The summed E-state index contributed by atoms with van der Waals surface area (Å²) >= 11 is 0. The minimum Gasteiger partial charge on any atom is -0.484 e. The fourth-order valence-corrected chi connectivity index (χ4v) is 3.45. The Morgan fingerprint density at radius 1 is 1.13 bits per heavy atom. The van der Waals surface area contributed by atoms with Crippen molar-refractivity contribution in [2.75, 3.05) is 19.3 Å². The van der Waals surface area contributed by atoms with Gasteiger partial charge in [0, 0.05) is 24.9 Å². The zero-order valence-electron chi connectivity index (χ0n) is 13.4. The van der Waals surface area contributed by atoms with Crippen LogP contribution in [0.5, 0.6) is 5.75 Å². The van der Waals surface area contributed by atoms with Gasteiger partial charge < -0.3 is 4.74 Å². The predicted molar refractivity (Wildman–Crippen MR) is 90.3 cm³/mol. The Kier molecular flexibility index (Phi) is 4.41. The monoisotopic (exact) mass is 331 g/mol. The van der Waals surface area contributed by atoms with E-state index < -0.39 is 9.84 Å². The first kappa shape index (κ1) is 16.0. The van der Waals surface area contributed by atoms with E-state index in [-0.39, 0.29) is 6.10 Å².